The van der Waals surface area contributed by atoms with E-state index in [9.17, 15) is 9.59 Å². The lowest BCUT2D eigenvalue weighted by Gasteiger charge is -2.33. The number of rotatable bonds is 5. The lowest BCUT2D eigenvalue weighted by atomic mass is 9.90. The van der Waals surface area contributed by atoms with Gasteiger partial charge in [0.25, 0.3) is 5.91 Å². The zero-order valence-electron chi connectivity index (χ0n) is 19.9. The molecule has 2 aromatic carbocycles. The molecule has 1 spiro atoms. The van der Waals surface area contributed by atoms with Crippen LogP contribution in [0.4, 0.5) is 5.69 Å². The number of anilines is 1. The average Bonchev–Trinajstić information content (AvgIpc) is 3.44. The van der Waals surface area contributed by atoms with Crippen molar-refractivity contribution in [1.29, 1.82) is 0 Å². The van der Waals surface area contributed by atoms with Crippen molar-refractivity contribution in [1.82, 2.24) is 14.7 Å². The van der Waals surface area contributed by atoms with Crippen LogP contribution in [0.25, 0.3) is 5.69 Å². The number of piperidine rings is 1. The highest BCUT2D eigenvalue weighted by Crippen LogP contribution is 2.59. The van der Waals surface area contributed by atoms with Gasteiger partial charge in [-0.3, -0.25) is 9.59 Å². The molecule has 1 saturated heterocycles. The number of carbonyl (C=O) groups excluding carboxylic acids is 2. The maximum atomic E-state index is 13.2. The number of nitrogens with zero attached hydrogens (tertiary/aromatic N) is 3. The zero-order chi connectivity index (χ0) is 23.9. The van der Waals surface area contributed by atoms with Crippen LogP contribution in [0.5, 0.6) is 0 Å². The molecule has 1 saturated carbocycles. The molecule has 1 aliphatic carbocycles. The second-order valence-electron chi connectivity index (χ2n) is 9.52. The number of thioether (sulfide) groups is 1. The Bertz CT molecular complexity index is 1230. The van der Waals surface area contributed by atoms with E-state index in [1.807, 2.05) is 84.3 Å². The third-order valence-corrected chi connectivity index (χ3v) is 8.00. The summed E-state index contributed by atoms with van der Waals surface area (Å²) in [4.78, 5) is 29.2. The Labute approximate surface area is 204 Å². The third kappa shape index (κ3) is 4.37. The number of hydrogen-bond donors (Lipinski definition) is 1. The van der Waals surface area contributed by atoms with Crippen LogP contribution < -0.4 is 5.32 Å². The van der Waals surface area contributed by atoms with E-state index in [2.05, 4.69) is 10.4 Å². The molecule has 5 rings (SSSR count). The molecular formula is C27H30N4O2S. The van der Waals surface area contributed by atoms with Crippen molar-refractivity contribution in [2.75, 3.05) is 24.7 Å². The fraction of sp³-hybridized carbons (Fsp3) is 0.370. The Morgan fingerprint density at radius 1 is 1.06 bits per heavy atom. The molecule has 6 nitrogen and oxygen atoms in total. The minimum Gasteiger partial charge on any atom is -0.339 e. The van der Waals surface area contributed by atoms with E-state index in [1.54, 1.807) is 11.8 Å². The molecule has 2 amide bonds. The predicted octanol–water partition coefficient (Wildman–Crippen LogP) is 5.09. The lowest BCUT2D eigenvalue weighted by Crippen LogP contribution is -2.40. The quantitative estimate of drug-likeness (QED) is 0.523. The summed E-state index contributed by atoms with van der Waals surface area (Å²) < 4.78 is 1.87. The molecule has 1 N–H and O–H groups in total. The van der Waals surface area contributed by atoms with E-state index < -0.39 is 0 Å². The summed E-state index contributed by atoms with van der Waals surface area (Å²) in [5.41, 5.74) is 4.47. The Balaban J connectivity index is 1.19. The van der Waals surface area contributed by atoms with Crippen LogP contribution in [0.15, 0.2) is 59.5 Å². The van der Waals surface area contributed by atoms with Crippen molar-refractivity contribution in [3.8, 4) is 5.69 Å². The van der Waals surface area contributed by atoms with Crippen molar-refractivity contribution < 1.29 is 9.59 Å². The van der Waals surface area contributed by atoms with E-state index in [1.165, 1.54) is 4.90 Å². The highest BCUT2D eigenvalue weighted by atomic mass is 32.2. The molecule has 7 heteroatoms. The third-order valence-electron chi connectivity index (χ3n) is 7.26. The van der Waals surface area contributed by atoms with Gasteiger partial charge in [-0.1, -0.05) is 6.07 Å². The number of hydrogen-bond acceptors (Lipinski definition) is 4. The number of carbonyl (C=O) groups is 2. The van der Waals surface area contributed by atoms with Crippen LogP contribution in [0.3, 0.4) is 0 Å². The molecule has 0 unspecified atom stereocenters. The Morgan fingerprint density at radius 2 is 1.79 bits per heavy atom. The van der Waals surface area contributed by atoms with E-state index in [-0.39, 0.29) is 23.1 Å². The molecular weight excluding hydrogens is 444 g/mol. The van der Waals surface area contributed by atoms with Gasteiger partial charge in [-0.25, -0.2) is 4.68 Å². The van der Waals surface area contributed by atoms with Crippen LogP contribution >= 0.6 is 11.8 Å². The minimum atomic E-state index is 0.0411. The first-order valence-corrected chi connectivity index (χ1v) is 13.0. The van der Waals surface area contributed by atoms with Crippen LogP contribution in [0.2, 0.25) is 0 Å². The van der Waals surface area contributed by atoms with Gasteiger partial charge in [0.05, 0.1) is 11.4 Å². The second-order valence-corrected chi connectivity index (χ2v) is 10.4. The topological polar surface area (TPSA) is 67.2 Å². The van der Waals surface area contributed by atoms with Gasteiger partial charge in [0, 0.05) is 40.8 Å². The first kappa shape index (κ1) is 22.7. The Morgan fingerprint density at radius 3 is 2.44 bits per heavy atom. The van der Waals surface area contributed by atoms with Crippen LogP contribution in [-0.4, -0.2) is 45.8 Å². The van der Waals surface area contributed by atoms with Gasteiger partial charge in [0.1, 0.15) is 0 Å². The molecule has 3 aromatic rings. The summed E-state index contributed by atoms with van der Waals surface area (Å²) in [6.07, 6.45) is 4.70. The average molecular weight is 475 g/mol. The number of likely N-dealkylation sites (tertiary alicyclic amines) is 1. The van der Waals surface area contributed by atoms with Gasteiger partial charge < -0.3 is 10.2 Å². The van der Waals surface area contributed by atoms with Crippen molar-refractivity contribution in [2.45, 2.75) is 38.0 Å². The Hall–Kier alpha value is -3.06. The molecule has 34 heavy (non-hydrogen) atoms. The first-order valence-electron chi connectivity index (χ1n) is 11.8. The zero-order valence-corrected chi connectivity index (χ0v) is 20.7. The summed E-state index contributed by atoms with van der Waals surface area (Å²) in [7, 11) is 0. The SMILES string of the molecule is CSc1ccc(NC(=O)[C@@H]2CC23CCN(C(=O)c2cccc(-n4nc(C)cc4C)c2)CC3)cc1. The molecule has 1 aliphatic heterocycles. The van der Waals surface area contributed by atoms with E-state index in [0.29, 0.717) is 18.7 Å². The highest BCUT2D eigenvalue weighted by Gasteiger charge is 2.58. The number of nitrogens with one attached hydrogen (secondary N) is 1. The number of aryl methyl sites for hydroxylation is 2. The lowest BCUT2D eigenvalue weighted by molar-refractivity contribution is -0.118. The monoisotopic (exact) mass is 474 g/mol. The maximum absolute atomic E-state index is 13.2. The number of aromatic nitrogens is 2. The summed E-state index contributed by atoms with van der Waals surface area (Å²) >= 11 is 1.69. The minimum absolute atomic E-state index is 0.0411. The van der Waals surface area contributed by atoms with E-state index in [4.69, 9.17) is 0 Å². The van der Waals surface area contributed by atoms with Crippen molar-refractivity contribution in [3.05, 3.63) is 71.5 Å². The van der Waals surface area contributed by atoms with Gasteiger partial charge in [0.15, 0.2) is 0 Å². The predicted molar refractivity (Wildman–Crippen MR) is 136 cm³/mol. The standard InChI is InChI=1S/C27H30N4O2S/c1-18-15-19(2)31(29-18)22-6-4-5-20(16-22)26(33)30-13-11-27(12-14-30)17-24(27)25(32)28-21-7-9-23(34-3)10-8-21/h4-10,15-16,24H,11-14,17H2,1-3H3,(H,28,32)/t24-/m0/s1. The smallest absolute Gasteiger partial charge is 0.253 e. The van der Waals surface area contributed by atoms with Crippen molar-refractivity contribution in [2.24, 2.45) is 11.3 Å². The normalized spacial score (nSPS) is 18.7. The molecule has 2 aliphatic rings. The van der Waals surface area contributed by atoms with Gasteiger partial charge >= 0.3 is 0 Å². The van der Waals surface area contributed by atoms with Crippen molar-refractivity contribution >= 4 is 29.3 Å². The summed E-state index contributed by atoms with van der Waals surface area (Å²) in [5, 5.41) is 7.61. The summed E-state index contributed by atoms with van der Waals surface area (Å²) in [6, 6.07) is 17.7. The summed E-state index contributed by atoms with van der Waals surface area (Å²) in [5.74, 6) is 0.197. The van der Waals surface area contributed by atoms with Crippen LogP contribution in [0, 0.1) is 25.2 Å². The molecule has 0 bridgehead atoms. The second kappa shape index (κ2) is 8.95. The highest BCUT2D eigenvalue weighted by molar-refractivity contribution is 7.98. The van der Waals surface area contributed by atoms with E-state index in [0.717, 1.165) is 42.0 Å². The first-order chi connectivity index (χ1) is 16.4. The maximum Gasteiger partial charge on any atom is 0.253 e. The summed E-state index contributed by atoms with van der Waals surface area (Å²) in [6.45, 7) is 5.36. The van der Waals surface area contributed by atoms with Gasteiger partial charge in [-0.15, -0.1) is 11.8 Å². The molecule has 2 heterocycles. The largest absolute Gasteiger partial charge is 0.339 e. The van der Waals surface area contributed by atoms with Crippen molar-refractivity contribution in [3.63, 3.8) is 0 Å². The van der Waals surface area contributed by atoms with Gasteiger partial charge in [0.2, 0.25) is 5.91 Å². The Kier molecular flexibility index (Phi) is 5.98. The molecule has 0 radical (unpaired) electrons. The molecule has 2 fully saturated rings. The van der Waals surface area contributed by atoms with Crippen LogP contribution in [-0.2, 0) is 4.79 Å². The number of amides is 2. The molecule has 176 valence electrons. The van der Waals surface area contributed by atoms with Gasteiger partial charge in [-0.2, -0.15) is 5.10 Å². The number of benzene rings is 2. The molecule has 1 aromatic heterocycles. The van der Waals surface area contributed by atoms with Crippen LogP contribution in [0.1, 0.15) is 41.0 Å². The fourth-order valence-corrected chi connectivity index (χ4v) is 5.58. The molecule has 1 atom stereocenters. The fourth-order valence-electron chi connectivity index (χ4n) is 5.17. The van der Waals surface area contributed by atoms with E-state index >= 15 is 0 Å². The van der Waals surface area contributed by atoms with Gasteiger partial charge in [-0.05, 0) is 93.3 Å².